The Kier molecular flexibility index (Phi) is 5.58. The third kappa shape index (κ3) is 4.41. The van der Waals surface area contributed by atoms with Gasteiger partial charge in [0, 0.05) is 6.61 Å². The van der Waals surface area contributed by atoms with Crippen LogP contribution in [0.15, 0.2) is 29.2 Å². The molecule has 1 aliphatic rings. The Bertz CT molecular complexity index is 545. The predicted molar refractivity (Wildman–Crippen MR) is 79.7 cm³/mol. The van der Waals surface area contributed by atoms with Crippen molar-refractivity contribution in [3.63, 3.8) is 0 Å². The molecule has 1 aliphatic heterocycles. The smallest absolute Gasteiger partial charge is 0.240 e. The third-order valence-corrected chi connectivity index (χ3v) is 4.94. The number of nitrogens with two attached hydrogens (primary N) is 1. The summed E-state index contributed by atoms with van der Waals surface area (Å²) >= 11 is 0. The summed E-state index contributed by atoms with van der Waals surface area (Å²) < 4.78 is 38.1. The second-order valence-corrected chi connectivity index (χ2v) is 6.77. The minimum atomic E-state index is -3.52. The topological polar surface area (TPSA) is 90.6 Å². The summed E-state index contributed by atoms with van der Waals surface area (Å²) in [5, 5.41) is 0. The van der Waals surface area contributed by atoms with Crippen LogP contribution in [0.2, 0.25) is 0 Å². The molecule has 2 atom stereocenters. The van der Waals surface area contributed by atoms with E-state index in [0.717, 1.165) is 6.42 Å². The van der Waals surface area contributed by atoms with Crippen molar-refractivity contribution in [1.29, 1.82) is 0 Å². The molecule has 1 saturated heterocycles. The number of hydrogen-bond donors (Lipinski definition) is 2. The number of sulfonamides is 1. The maximum absolute atomic E-state index is 12.3. The minimum Gasteiger partial charge on any atom is -0.494 e. The van der Waals surface area contributed by atoms with Gasteiger partial charge >= 0.3 is 0 Å². The summed E-state index contributed by atoms with van der Waals surface area (Å²) in [6, 6.07) is 6.22. The van der Waals surface area contributed by atoms with Crippen LogP contribution in [-0.2, 0) is 14.8 Å². The summed E-state index contributed by atoms with van der Waals surface area (Å²) in [6.45, 7) is 3.55. The van der Waals surface area contributed by atoms with Crippen LogP contribution in [0.5, 0.6) is 5.75 Å². The molecule has 1 aromatic carbocycles. The van der Waals surface area contributed by atoms with E-state index < -0.39 is 10.0 Å². The lowest BCUT2D eigenvalue weighted by atomic mass is 10.2. The first kappa shape index (κ1) is 16.2. The molecular formula is C14H22N2O4S. The van der Waals surface area contributed by atoms with Gasteiger partial charge in [0.05, 0.1) is 23.6 Å². The second-order valence-electron chi connectivity index (χ2n) is 5.05. The first-order valence-electron chi connectivity index (χ1n) is 7.10. The van der Waals surface area contributed by atoms with Gasteiger partial charge in [-0.05, 0) is 50.6 Å². The standard InChI is InChI=1S/C14H22N2O4S/c1-11-14(7-10-19-11)16-21(17,18)13-5-3-12(4-6-13)20-9-2-8-15/h3-6,11,14,16H,2,7-10,15H2,1H3. The molecule has 7 heteroatoms. The zero-order valence-electron chi connectivity index (χ0n) is 12.1. The largest absolute Gasteiger partial charge is 0.494 e. The van der Waals surface area contributed by atoms with Crippen molar-refractivity contribution in [2.75, 3.05) is 19.8 Å². The van der Waals surface area contributed by atoms with Crippen LogP contribution >= 0.6 is 0 Å². The van der Waals surface area contributed by atoms with Crippen molar-refractivity contribution in [2.45, 2.75) is 36.8 Å². The van der Waals surface area contributed by atoms with E-state index in [1.165, 1.54) is 0 Å². The van der Waals surface area contributed by atoms with Crippen molar-refractivity contribution < 1.29 is 17.9 Å². The Hall–Kier alpha value is -1.15. The summed E-state index contributed by atoms with van der Waals surface area (Å²) in [7, 11) is -3.52. The van der Waals surface area contributed by atoms with E-state index in [0.29, 0.717) is 31.9 Å². The Morgan fingerprint density at radius 1 is 1.38 bits per heavy atom. The highest BCUT2D eigenvalue weighted by Gasteiger charge is 2.29. The van der Waals surface area contributed by atoms with Crippen molar-refractivity contribution >= 4 is 10.0 Å². The van der Waals surface area contributed by atoms with Crippen LogP contribution in [0.25, 0.3) is 0 Å². The fourth-order valence-corrected chi connectivity index (χ4v) is 3.48. The average Bonchev–Trinajstić information content (AvgIpc) is 2.84. The molecule has 0 aromatic heterocycles. The quantitative estimate of drug-likeness (QED) is 0.729. The molecular weight excluding hydrogens is 292 g/mol. The molecule has 1 aromatic rings. The highest BCUT2D eigenvalue weighted by atomic mass is 32.2. The fraction of sp³-hybridized carbons (Fsp3) is 0.571. The molecule has 21 heavy (non-hydrogen) atoms. The molecule has 0 radical (unpaired) electrons. The lowest BCUT2D eigenvalue weighted by Crippen LogP contribution is -2.39. The van der Waals surface area contributed by atoms with E-state index >= 15 is 0 Å². The highest BCUT2D eigenvalue weighted by Crippen LogP contribution is 2.19. The molecule has 0 saturated carbocycles. The van der Waals surface area contributed by atoms with E-state index in [2.05, 4.69) is 4.72 Å². The van der Waals surface area contributed by atoms with E-state index in [1.807, 2.05) is 6.92 Å². The summed E-state index contributed by atoms with van der Waals surface area (Å²) in [4.78, 5) is 0.229. The molecule has 6 nitrogen and oxygen atoms in total. The number of rotatable bonds is 7. The molecule has 0 spiro atoms. The summed E-state index contributed by atoms with van der Waals surface area (Å²) in [6.07, 6.45) is 1.36. The van der Waals surface area contributed by atoms with Crippen LogP contribution in [0.3, 0.4) is 0 Å². The van der Waals surface area contributed by atoms with Gasteiger partial charge in [0.1, 0.15) is 5.75 Å². The lowest BCUT2D eigenvalue weighted by Gasteiger charge is -2.16. The fourth-order valence-electron chi connectivity index (χ4n) is 2.14. The monoisotopic (exact) mass is 314 g/mol. The van der Waals surface area contributed by atoms with Crippen molar-refractivity contribution in [1.82, 2.24) is 4.72 Å². The first-order valence-corrected chi connectivity index (χ1v) is 8.58. The minimum absolute atomic E-state index is 0.0985. The highest BCUT2D eigenvalue weighted by molar-refractivity contribution is 7.89. The van der Waals surface area contributed by atoms with Gasteiger partial charge < -0.3 is 15.2 Å². The van der Waals surface area contributed by atoms with E-state index in [4.69, 9.17) is 15.2 Å². The summed E-state index contributed by atoms with van der Waals surface area (Å²) in [5.41, 5.74) is 5.39. The van der Waals surface area contributed by atoms with Crippen LogP contribution < -0.4 is 15.2 Å². The zero-order chi connectivity index (χ0) is 15.3. The van der Waals surface area contributed by atoms with Crippen LogP contribution in [0.1, 0.15) is 19.8 Å². The number of hydrogen-bond acceptors (Lipinski definition) is 5. The van der Waals surface area contributed by atoms with Crippen molar-refractivity contribution in [2.24, 2.45) is 5.73 Å². The molecule has 3 N–H and O–H groups in total. The molecule has 1 heterocycles. The second kappa shape index (κ2) is 7.22. The van der Waals surface area contributed by atoms with Gasteiger partial charge in [-0.25, -0.2) is 13.1 Å². The molecule has 0 bridgehead atoms. The van der Waals surface area contributed by atoms with Gasteiger partial charge in [-0.2, -0.15) is 0 Å². The summed E-state index contributed by atoms with van der Waals surface area (Å²) in [5.74, 6) is 0.639. The van der Waals surface area contributed by atoms with Gasteiger partial charge in [0.15, 0.2) is 0 Å². The number of benzene rings is 1. The molecule has 2 rings (SSSR count). The molecule has 2 unspecified atom stereocenters. The van der Waals surface area contributed by atoms with Gasteiger partial charge in [0.25, 0.3) is 0 Å². The molecule has 118 valence electrons. The van der Waals surface area contributed by atoms with Gasteiger partial charge in [0.2, 0.25) is 10.0 Å². The Morgan fingerprint density at radius 3 is 2.67 bits per heavy atom. The van der Waals surface area contributed by atoms with Crippen LogP contribution in [0, 0.1) is 0 Å². The SMILES string of the molecule is CC1OCCC1NS(=O)(=O)c1ccc(OCCCN)cc1. The molecule has 0 aliphatic carbocycles. The van der Waals surface area contributed by atoms with E-state index in [-0.39, 0.29) is 17.0 Å². The third-order valence-electron chi connectivity index (χ3n) is 3.43. The molecule has 1 fully saturated rings. The van der Waals surface area contributed by atoms with Crippen molar-refractivity contribution in [3.05, 3.63) is 24.3 Å². The van der Waals surface area contributed by atoms with Gasteiger partial charge in [-0.15, -0.1) is 0 Å². The van der Waals surface area contributed by atoms with E-state index in [1.54, 1.807) is 24.3 Å². The van der Waals surface area contributed by atoms with Crippen LogP contribution in [-0.4, -0.2) is 40.3 Å². The molecule has 0 amide bonds. The Balaban J connectivity index is 1.99. The average molecular weight is 314 g/mol. The zero-order valence-corrected chi connectivity index (χ0v) is 12.9. The van der Waals surface area contributed by atoms with Gasteiger partial charge in [-0.1, -0.05) is 0 Å². The van der Waals surface area contributed by atoms with Crippen LogP contribution in [0.4, 0.5) is 0 Å². The Labute approximate surface area is 125 Å². The number of ether oxygens (including phenoxy) is 2. The lowest BCUT2D eigenvalue weighted by molar-refractivity contribution is 0.117. The predicted octanol–water partition coefficient (Wildman–Crippen LogP) is 0.870. The number of nitrogens with one attached hydrogen (secondary N) is 1. The normalized spacial score (nSPS) is 22.4. The van der Waals surface area contributed by atoms with Crippen molar-refractivity contribution in [3.8, 4) is 5.75 Å². The Morgan fingerprint density at radius 2 is 2.10 bits per heavy atom. The first-order chi connectivity index (χ1) is 10.0. The van der Waals surface area contributed by atoms with E-state index in [9.17, 15) is 8.42 Å². The maximum atomic E-state index is 12.3. The van der Waals surface area contributed by atoms with Gasteiger partial charge in [-0.3, -0.25) is 0 Å². The maximum Gasteiger partial charge on any atom is 0.240 e.